The van der Waals surface area contributed by atoms with Crippen LogP contribution in [0.5, 0.6) is 11.5 Å². The number of hydrogen-bond donors (Lipinski definition) is 3. The van der Waals surface area contributed by atoms with Crippen molar-refractivity contribution < 1.29 is 14.3 Å². The summed E-state index contributed by atoms with van der Waals surface area (Å²) in [6, 6.07) is 16.9. The number of rotatable bonds is 7. The molecule has 2 aromatic carbocycles. The molecule has 0 aliphatic carbocycles. The Morgan fingerprint density at radius 3 is 2.35 bits per heavy atom. The number of thiocarbonyl (C=S) groups is 1. The van der Waals surface area contributed by atoms with Crippen LogP contribution in [-0.4, -0.2) is 23.7 Å². The summed E-state index contributed by atoms with van der Waals surface area (Å²) in [5.74, 6) is 1.01. The molecule has 7 heteroatoms. The third-order valence-corrected chi connectivity index (χ3v) is 3.66. The number of hydrogen-bond acceptors (Lipinski definition) is 4. The van der Waals surface area contributed by atoms with Crippen molar-refractivity contribution in [2.45, 2.75) is 26.5 Å². The van der Waals surface area contributed by atoms with E-state index in [1.54, 1.807) is 31.2 Å². The lowest BCUT2D eigenvalue weighted by molar-refractivity contribution is -0.127. The van der Waals surface area contributed by atoms with Crippen LogP contribution in [0.25, 0.3) is 0 Å². The van der Waals surface area contributed by atoms with Crippen molar-refractivity contribution in [1.82, 2.24) is 16.2 Å². The highest BCUT2D eigenvalue weighted by molar-refractivity contribution is 7.80. The van der Waals surface area contributed by atoms with Gasteiger partial charge in [-0.05, 0) is 55.9 Å². The Kier molecular flexibility index (Phi) is 7.70. The molecule has 3 N–H and O–H groups in total. The van der Waals surface area contributed by atoms with Gasteiger partial charge in [-0.1, -0.05) is 30.3 Å². The van der Waals surface area contributed by atoms with Gasteiger partial charge >= 0.3 is 0 Å². The molecule has 0 aliphatic heterocycles. The van der Waals surface area contributed by atoms with E-state index in [-0.39, 0.29) is 5.91 Å². The molecule has 0 heterocycles. The second kappa shape index (κ2) is 10.2. The van der Waals surface area contributed by atoms with Crippen LogP contribution in [0.4, 0.5) is 0 Å². The average molecular weight is 373 g/mol. The number of benzene rings is 2. The molecule has 6 nitrogen and oxygen atoms in total. The number of nitrogens with one attached hydrogen (secondary N) is 3. The van der Waals surface area contributed by atoms with Crippen molar-refractivity contribution in [1.29, 1.82) is 0 Å². The Labute approximate surface area is 158 Å². The van der Waals surface area contributed by atoms with Gasteiger partial charge in [0.2, 0.25) is 0 Å². The fraction of sp³-hybridized carbons (Fsp3) is 0.263. The van der Waals surface area contributed by atoms with Gasteiger partial charge in [0, 0.05) is 6.54 Å². The Balaban J connectivity index is 1.71. The van der Waals surface area contributed by atoms with Gasteiger partial charge in [-0.25, -0.2) is 0 Å². The van der Waals surface area contributed by atoms with E-state index < -0.39 is 6.10 Å². The van der Waals surface area contributed by atoms with E-state index in [0.717, 1.165) is 11.3 Å². The van der Waals surface area contributed by atoms with Gasteiger partial charge in [-0.15, -0.1) is 0 Å². The van der Waals surface area contributed by atoms with Crippen molar-refractivity contribution >= 4 is 23.2 Å². The summed E-state index contributed by atoms with van der Waals surface area (Å²) in [5.41, 5.74) is 6.29. The molecule has 0 fully saturated rings. The molecule has 0 radical (unpaired) electrons. The number of carbonyl (C=O) groups excluding carboxylic acids is 1. The molecule has 26 heavy (non-hydrogen) atoms. The zero-order chi connectivity index (χ0) is 18.8. The Hall–Kier alpha value is -2.80. The van der Waals surface area contributed by atoms with Gasteiger partial charge in [0.1, 0.15) is 11.5 Å². The summed E-state index contributed by atoms with van der Waals surface area (Å²) >= 11 is 5.14. The third kappa shape index (κ3) is 6.60. The van der Waals surface area contributed by atoms with E-state index in [9.17, 15) is 4.79 Å². The van der Waals surface area contributed by atoms with Crippen molar-refractivity contribution in [2.24, 2.45) is 0 Å². The summed E-state index contributed by atoms with van der Waals surface area (Å²) in [6.07, 6.45) is -0.683. The Bertz CT molecular complexity index is 708. The minimum absolute atomic E-state index is 0.329. The maximum absolute atomic E-state index is 12.1. The maximum atomic E-state index is 12.1. The van der Waals surface area contributed by atoms with Gasteiger partial charge < -0.3 is 14.8 Å². The van der Waals surface area contributed by atoms with Gasteiger partial charge in [0.25, 0.3) is 5.91 Å². The second-order valence-electron chi connectivity index (χ2n) is 5.45. The molecule has 1 atom stereocenters. The van der Waals surface area contributed by atoms with Gasteiger partial charge in [0.15, 0.2) is 11.2 Å². The number of amides is 1. The van der Waals surface area contributed by atoms with Gasteiger partial charge in [-0.2, -0.15) is 0 Å². The normalized spacial score (nSPS) is 11.2. The predicted molar refractivity (Wildman–Crippen MR) is 105 cm³/mol. The van der Waals surface area contributed by atoms with Crippen LogP contribution in [0.3, 0.4) is 0 Å². The van der Waals surface area contributed by atoms with E-state index in [1.807, 2.05) is 37.3 Å². The van der Waals surface area contributed by atoms with E-state index in [1.165, 1.54) is 0 Å². The molecule has 0 aromatic heterocycles. The molecule has 1 amide bonds. The fourth-order valence-electron chi connectivity index (χ4n) is 2.08. The minimum Gasteiger partial charge on any atom is -0.494 e. The van der Waals surface area contributed by atoms with Crippen LogP contribution in [0.2, 0.25) is 0 Å². The molecular formula is C19H23N3O3S. The van der Waals surface area contributed by atoms with E-state index >= 15 is 0 Å². The van der Waals surface area contributed by atoms with E-state index in [0.29, 0.717) is 24.0 Å². The summed E-state index contributed by atoms with van der Waals surface area (Å²) in [6.45, 7) is 4.75. The lowest BCUT2D eigenvalue weighted by Crippen LogP contribution is -2.50. The third-order valence-electron chi connectivity index (χ3n) is 3.41. The van der Waals surface area contributed by atoms with Crippen LogP contribution >= 0.6 is 12.2 Å². The first-order chi connectivity index (χ1) is 12.6. The van der Waals surface area contributed by atoms with Crippen molar-refractivity contribution in [3.8, 4) is 11.5 Å². The molecule has 0 saturated heterocycles. The van der Waals surface area contributed by atoms with Crippen LogP contribution in [-0.2, 0) is 11.3 Å². The molecule has 0 bridgehead atoms. The summed E-state index contributed by atoms with van der Waals surface area (Å²) in [5, 5.41) is 3.34. The number of ether oxygens (including phenoxy) is 2. The highest BCUT2D eigenvalue weighted by atomic mass is 32.1. The first kappa shape index (κ1) is 19.5. The lowest BCUT2D eigenvalue weighted by Gasteiger charge is -2.16. The molecule has 2 aromatic rings. The van der Waals surface area contributed by atoms with Crippen LogP contribution < -0.4 is 25.6 Å². The van der Waals surface area contributed by atoms with Crippen LogP contribution in [0.1, 0.15) is 19.4 Å². The van der Waals surface area contributed by atoms with Gasteiger partial charge in [0.05, 0.1) is 6.61 Å². The molecule has 0 unspecified atom stereocenters. The SMILES string of the molecule is CCOc1ccc(O[C@@H](C)C(=O)NNC(=S)NCc2ccccc2)cc1. The molecule has 2 rings (SSSR count). The monoisotopic (exact) mass is 373 g/mol. The minimum atomic E-state index is -0.683. The Morgan fingerprint density at radius 1 is 1.04 bits per heavy atom. The summed E-state index contributed by atoms with van der Waals surface area (Å²) in [4.78, 5) is 12.1. The largest absolute Gasteiger partial charge is 0.494 e. The van der Waals surface area contributed by atoms with Crippen LogP contribution in [0, 0.1) is 0 Å². The lowest BCUT2D eigenvalue weighted by atomic mass is 10.2. The zero-order valence-corrected chi connectivity index (χ0v) is 15.6. The molecule has 0 aliphatic rings. The van der Waals surface area contributed by atoms with Crippen LogP contribution in [0.15, 0.2) is 54.6 Å². The smallest absolute Gasteiger partial charge is 0.279 e. The van der Waals surface area contributed by atoms with E-state index in [4.69, 9.17) is 21.7 Å². The zero-order valence-electron chi connectivity index (χ0n) is 14.8. The van der Waals surface area contributed by atoms with Crippen molar-refractivity contribution in [3.05, 3.63) is 60.2 Å². The topological polar surface area (TPSA) is 71.6 Å². The first-order valence-electron chi connectivity index (χ1n) is 8.35. The first-order valence-corrected chi connectivity index (χ1v) is 8.76. The standard InChI is InChI=1S/C19H23N3O3S/c1-3-24-16-9-11-17(12-10-16)25-14(2)18(23)21-22-19(26)20-13-15-7-5-4-6-8-15/h4-12,14H,3,13H2,1-2H3,(H,21,23)(H2,20,22,26)/t14-/m0/s1. The average Bonchev–Trinajstić information content (AvgIpc) is 2.67. The Morgan fingerprint density at radius 2 is 1.69 bits per heavy atom. The molecular weight excluding hydrogens is 350 g/mol. The quantitative estimate of drug-likeness (QED) is 0.512. The summed E-state index contributed by atoms with van der Waals surface area (Å²) in [7, 11) is 0. The highest BCUT2D eigenvalue weighted by Crippen LogP contribution is 2.18. The number of hydrazine groups is 1. The van der Waals surface area contributed by atoms with E-state index in [2.05, 4.69) is 16.2 Å². The predicted octanol–water partition coefficient (Wildman–Crippen LogP) is 2.55. The van der Waals surface area contributed by atoms with Gasteiger partial charge in [-0.3, -0.25) is 15.6 Å². The maximum Gasteiger partial charge on any atom is 0.279 e. The fourth-order valence-corrected chi connectivity index (χ4v) is 2.20. The second-order valence-corrected chi connectivity index (χ2v) is 5.86. The molecule has 138 valence electrons. The summed E-state index contributed by atoms with van der Waals surface area (Å²) < 4.78 is 11.0. The number of carbonyl (C=O) groups is 1. The highest BCUT2D eigenvalue weighted by Gasteiger charge is 2.14. The molecule has 0 spiro atoms. The van der Waals surface area contributed by atoms with Crippen molar-refractivity contribution in [2.75, 3.05) is 6.61 Å². The van der Waals surface area contributed by atoms with Crippen molar-refractivity contribution in [3.63, 3.8) is 0 Å². The molecule has 0 saturated carbocycles.